The van der Waals surface area contributed by atoms with Crippen LogP contribution in [0.3, 0.4) is 0 Å². The molecule has 1 aliphatic heterocycles. The third-order valence-electron chi connectivity index (χ3n) is 0.480. The molecule has 1 radical (unpaired) electrons. The molecule has 1 nitrogen and oxygen atoms in total. The predicted molar refractivity (Wildman–Crippen MR) is 20.9 cm³/mol. The predicted octanol–water partition coefficient (Wildman–Crippen LogP) is 0.778. The maximum absolute atomic E-state index is 3.72. The molecular weight excluding hydrogens is 62.1 g/mol. The third-order valence-corrected chi connectivity index (χ3v) is 0.480. The van der Waals surface area contributed by atoms with E-state index in [0.29, 0.717) is 0 Å². The largest absolute Gasteiger partial charge is 0.268 e. The zero-order valence-electron chi connectivity index (χ0n) is 2.81. The van der Waals surface area contributed by atoms with Crippen molar-refractivity contribution < 1.29 is 0 Å². The lowest BCUT2D eigenvalue weighted by atomic mass is 10.5. The molecule has 0 N–H and O–H groups in total. The van der Waals surface area contributed by atoms with Crippen LogP contribution in [0, 0.1) is 6.08 Å². The fourth-order valence-corrected chi connectivity index (χ4v) is 0.264. The second-order valence-electron chi connectivity index (χ2n) is 0.869. The van der Waals surface area contributed by atoms with Crippen LogP contribution >= 0.6 is 0 Å². The van der Waals surface area contributed by atoms with Crippen LogP contribution in [0.25, 0.3) is 0 Å². The molecule has 0 fully saturated rings. The van der Waals surface area contributed by atoms with Gasteiger partial charge in [-0.2, -0.15) is 0 Å². The first kappa shape index (κ1) is 2.64. The fourth-order valence-electron chi connectivity index (χ4n) is 0.264. The van der Waals surface area contributed by atoms with E-state index in [0.717, 1.165) is 6.42 Å². The Morgan fingerprint density at radius 1 is 1.80 bits per heavy atom. The van der Waals surface area contributed by atoms with Crippen molar-refractivity contribution in [2.24, 2.45) is 4.99 Å². The van der Waals surface area contributed by atoms with Gasteiger partial charge in [0.2, 0.25) is 0 Å². The number of nitrogens with zero attached hydrogens (tertiary/aromatic N) is 1. The second kappa shape index (κ2) is 1.02. The Morgan fingerprint density at radius 2 is 2.80 bits per heavy atom. The molecule has 1 heterocycles. The molecule has 0 atom stereocenters. The highest BCUT2D eigenvalue weighted by atomic mass is 14.7. The molecule has 0 spiro atoms. The normalized spacial score (nSPS) is 17.6. The SMILES string of the molecule is [C]1=CN=CC1. The minimum absolute atomic E-state index is 0.903. The summed E-state index contributed by atoms with van der Waals surface area (Å²) in [6.45, 7) is 0. The van der Waals surface area contributed by atoms with Gasteiger partial charge in [-0.15, -0.1) is 0 Å². The fraction of sp³-hybridized carbons (Fsp3) is 0.250. The van der Waals surface area contributed by atoms with Gasteiger partial charge in [0.25, 0.3) is 0 Å². The number of allylic oxidation sites excluding steroid dienone is 1. The summed E-state index contributed by atoms with van der Waals surface area (Å²) in [6, 6.07) is 0. The lowest BCUT2D eigenvalue weighted by Gasteiger charge is -1.53. The molecule has 0 aliphatic carbocycles. The molecule has 1 aliphatic rings. The van der Waals surface area contributed by atoms with Gasteiger partial charge in [-0.05, 0) is 6.08 Å². The number of hydrogen-bond acceptors (Lipinski definition) is 1. The Morgan fingerprint density at radius 3 is 3.00 bits per heavy atom. The van der Waals surface area contributed by atoms with Gasteiger partial charge in [0, 0.05) is 18.8 Å². The molecule has 0 aromatic heterocycles. The van der Waals surface area contributed by atoms with Crippen molar-refractivity contribution in [2.75, 3.05) is 0 Å². The highest BCUT2D eigenvalue weighted by molar-refractivity contribution is 5.61. The summed E-state index contributed by atoms with van der Waals surface area (Å²) in [5.74, 6) is 0. The monoisotopic (exact) mass is 66.0 g/mol. The Bertz CT molecular complexity index is 61.7. The lowest BCUT2D eigenvalue weighted by Crippen LogP contribution is -1.53. The topological polar surface area (TPSA) is 12.4 Å². The lowest BCUT2D eigenvalue weighted by molar-refractivity contribution is 1.53. The molecule has 25 valence electrons. The molecule has 1 heteroatoms. The van der Waals surface area contributed by atoms with E-state index in [1.54, 1.807) is 6.20 Å². The number of aliphatic imine (C=N–C) groups is 1. The van der Waals surface area contributed by atoms with Crippen LogP contribution < -0.4 is 0 Å². The summed E-state index contributed by atoms with van der Waals surface area (Å²) in [6.07, 6.45) is 7.28. The van der Waals surface area contributed by atoms with E-state index in [2.05, 4.69) is 11.1 Å². The van der Waals surface area contributed by atoms with Crippen LogP contribution in [0.5, 0.6) is 0 Å². The van der Waals surface area contributed by atoms with Crippen molar-refractivity contribution >= 4 is 6.21 Å². The maximum atomic E-state index is 3.72. The van der Waals surface area contributed by atoms with Gasteiger partial charge < -0.3 is 0 Å². The van der Waals surface area contributed by atoms with Gasteiger partial charge in [-0.1, -0.05) is 0 Å². The Labute approximate surface area is 31.0 Å². The highest BCUT2D eigenvalue weighted by Gasteiger charge is 1.74. The average molecular weight is 66.1 g/mol. The zero-order chi connectivity index (χ0) is 3.54. The van der Waals surface area contributed by atoms with Crippen LogP contribution in [0.4, 0.5) is 0 Å². The van der Waals surface area contributed by atoms with Crippen LogP contribution in [0.1, 0.15) is 6.42 Å². The minimum atomic E-state index is 0.903. The summed E-state index contributed by atoms with van der Waals surface area (Å²) in [4.78, 5) is 3.72. The molecule has 1 rings (SSSR count). The van der Waals surface area contributed by atoms with Gasteiger partial charge in [0.1, 0.15) is 0 Å². The Kier molecular flexibility index (Phi) is 0.537. The third kappa shape index (κ3) is 0.349. The molecule has 0 saturated heterocycles. The smallest absolute Gasteiger partial charge is 0.0303 e. The van der Waals surface area contributed by atoms with E-state index in [1.165, 1.54) is 0 Å². The van der Waals surface area contributed by atoms with E-state index in [4.69, 9.17) is 0 Å². The Balaban J connectivity index is 2.61. The average Bonchev–Trinajstić information content (AvgIpc) is 1.76. The quantitative estimate of drug-likeness (QED) is 0.396. The van der Waals surface area contributed by atoms with Crippen molar-refractivity contribution in [3.63, 3.8) is 0 Å². The first-order valence-corrected chi connectivity index (χ1v) is 1.57. The number of hydrogen-bond donors (Lipinski definition) is 0. The maximum Gasteiger partial charge on any atom is 0.0303 e. The van der Waals surface area contributed by atoms with E-state index < -0.39 is 0 Å². The van der Waals surface area contributed by atoms with E-state index in [1.807, 2.05) is 6.21 Å². The van der Waals surface area contributed by atoms with Gasteiger partial charge in [0.15, 0.2) is 0 Å². The summed E-state index contributed by atoms with van der Waals surface area (Å²) in [5, 5.41) is 0. The molecule has 0 bridgehead atoms. The van der Waals surface area contributed by atoms with E-state index >= 15 is 0 Å². The minimum Gasteiger partial charge on any atom is -0.268 e. The standard InChI is InChI=1S/C4H4N/c1-2-4-5-3-1/h3-4H,1H2. The van der Waals surface area contributed by atoms with Gasteiger partial charge in [-0.3, -0.25) is 4.99 Å². The van der Waals surface area contributed by atoms with Crippen molar-refractivity contribution in [2.45, 2.75) is 6.42 Å². The first-order chi connectivity index (χ1) is 2.50. The molecule has 0 aromatic carbocycles. The van der Waals surface area contributed by atoms with Gasteiger partial charge in [-0.25, -0.2) is 0 Å². The van der Waals surface area contributed by atoms with Crippen molar-refractivity contribution in [1.29, 1.82) is 0 Å². The Hall–Kier alpha value is -0.590. The molecular formula is C4H4N. The molecule has 5 heavy (non-hydrogen) atoms. The molecule has 0 unspecified atom stereocenters. The molecule has 0 amide bonds. The summed E-state index contributed by atoms with van der Waals surface area (Å²) in [5.41, 5.74) is 0. The van der Waals surface area contributed by atoms with Gasteiger partial charge in [0.05, 0.1) is 0 Å². The van der Waals surface area contributed by atoms with Crippen LogP contribution in [0.15, 0.2) is 11.2 Å². The van der Waals surface area contributed by atoms with Crippen molar-refractivity contribution in [3.8, 4) is 0 Å². The summed E-state index contributed by atoms with van der Waals surface area (Å²) >= 11 is 0. The van der Waals surface area contributed by atoms with Crippen molar-refractivity contribution in [3.05, 3.63) is 12.3 Å². The van der Waals surface area contributed by atoms with Crippen LogP contribution in [-0.4, -0.2) is 6.21 Å². The van der Waals surface area contributed by atoms with Crippen LogP contribution in [0.2, 0.25) is 0 Å². The van der Waals surface area contributed by atoms with E-state index in [-0.39, 0.29) is 0 Å². The van der Waals surface area contributed by atoms with Crippen molar-refractivity contribution in [1.82, 2.24) is 0 Å². The highest BCUT2D eigenvalue weighted by Crippen LogP contribution is 1.84. The number of rotatable bonds is 0. The first-order valence-electron chi connectivity index (χ1n) is 1.57. The summed E-state index contributed by atoms with van der Waals surface area (Å²) in [7, 11) is 0. The zero-order valence-corrected chi connectivity index (χ0v) is 2.81. The van der Waals surface area contributed by atoms with Crippen LogP contribution in [-0.2, 0) is 0 Å². The second-order valence-corrected chi connectivity index (χ2v) is 0.869. The summed E-state index contributed by atoms with van der Waals surface area (Å²) < 4.78 is 0. The van der Waals surface area contributed by atoms with E-state index in [9.17, 15) is 0 Å². The molecule has 0 saturated carbocycles. The van der Waals surface area contributed by atoms with Gasteiger partial charge >= 0.3 is 0 Å². The molecule has 0 aromatic rings.